The summed E-state index contributed by atoms with van der Waals surface area (Å²) >= 11 is 0. The highest BCUT2D eigenvalue weighted by atomic mass is 16.4. The van der Waals surface area contributed by atoms with Crippen molar-refractivity contribution in [1.29, 1.82) is 0 Å². The number of rotatable bonds is 1. The van der Waals surface area contributed by atoms with Crippen LogP contribution >= 0.6 is 0 Å². The molecule has 1 aliphatic heterocycles. The maximum absolute atomic E-state index is 10.9. The fourth-order valence-electron chi connectivity index (χ4n) is 1.86. The molecule has 1 saturated heterocycles. The van der Waals surface area contributed by atoms with Crippen molar-refractivity contribution in [2.75, 3.05) is 6.54 Å². The number of nitrogens with zero attached hydrogens (tertiary/aromatic N) is 2. The number of aromatic amines is 1. The van der Waals surface area contributed by atoms with Gasteiger partial charge in [0.2, 0.25) is 0 Å². The number of imidazole rings is 1. The van der Waals surface area contributed by atoms with Crippen molar-refractivity contribution in [3.8, 4) is 12.3 Å². The molecular formula is C10H11N3O2. The average molecular weight is 205 g/mol. The molecule has 1 aromatic rings. The van der Waals surface area contributed by atoms with E-state index in [1.165, 1.54) is 4.90 Å². The second kappa shape index (κ2) is 3.65. The van der Waals surface area contributed by atoms with Gasteiger partial charge in [-0.05, 0) is 12.8 Å². The minimum atomic E-state index is -0.906. The summed E-state index contributed by atoms with van der Waals surface area (Å²) in [5.74, 6) is 3.07. The Balaban J connectivity index is 2.23. The predicted octanol–water partition coefficient (Wildman–Crippen LogP) is 1.21. The van der Waals surface area contributed by atoms with Crippen LogP contribution in [0, 0.1) is 12.3 Å². The van der Waals surface area contributed by atoms with Crippen molar-refractivity contribution < 1.29 is 9.90 Å². The van der Waals surface area contributed by atoms with Crippen molar-refractivity contribution in [2.24, 2.45) is 0 Å². The lowest BCUT2D eigenvalue weighted by molar-refractivity contribution is 0.139. The van der Waals surface area contributed by atoms with E-state index in [0.29, 0.717) is 18.1 Å². The van der Waals surface area contributed by atoms with Gasteiger partial charge in [0.25, 0.3) is 0 Å². The summed E-state index contributed by atoms with van der Waals surface area (Å²) in [6.45, 7) is 0.562. The summed E-state index contributed by atoms with van der Waals surface area (Å²) < 4.78 is 0. The van der Waals surface area contributed by atoms with Crippen molar-refractivity contribution in [2.45, 2.75) is 18.9 Å². The Morgan fingerprint density at radius 3 is 3.20 bits per heavy atom. The van der Waals surface area contributed by atoms with Crippen LogP contribution in [0.15, 0.2) is 6.20 Å². The predicted molar refractivity (Wildman–Crippen MR) is 53.2 cm³/mol. The molecule has 0 unspecified atom stereocenters. The third kappa shape index (κ3) is 1.66. The van der Waals surface area contributed by atoms with E-state index in [1.807, 2.05) is 0 Å². The van der Waals surface area contributed by atoms with Crippen LogP contribution in [0.25, 0.3) is 0 Å². The molecule has 0 radical (unpaired) electrons. The summed E-state index contributed by atoms with van der Waals surface area (Å²) in [6.07, 6.45) is 7.51. The molecule has 2 N–H and O–H groups in total. The maximum Gasteiger partial charge on any atom is 0.407 e. The molecule has 2 heterocycles. The smallest absolute Gasteiger partial charge is 0.407 e. The van der Waals surface area contributed by atoms with Gasteiger partial charge in [0.1, 0.15) is 11.5 Å². The Labute approximate surface area is 87.1 Å². The molecule has 2 rings (SSSR count). The van der Waals surface area contributed by atoms with Crippen LogP contribution in [0.5, 0.6) is 0 Å². The van der Waals surface area contributed by atoms with E-state index in [-0.39, 0.29) is 6.04 Å². The zero-order chi connectivity index (χ0) is 10.8. The van der Waals surface area contributed by atoms with E-state index in [2.05, 4.69) is 15.9 Å². The van der Waals surface area contributed by atoms with Gasteiger partial charge < -0.3 is 10.1 Å². The molecule has 0 aromatic carbocycles. The van der Waals surface area contributed by atoms with E-state index in [0.717, 1.165) is 12.8 Å². The second-order valence-electron chi connectivity index (χ2n) is 3.46. The highest BCUT2D eigenvalue weighted by Crippen LogP contribution is 2.29. The minimum Gasteiger partial charge on any atom is -0.465 e. The van der Waals surface area contributed by atoms with Crippen molar-refractivity contribution in [1.82, 2.24) is 14.9 Å². The third-order valence-corrected chi connectivity index (χ3v) is 2.57. The first kappa shape index (κ1) is 9.59. The number of aromatic nitrogens is 2. The topological polar surface area (TPSA) is 69.2 Å². The number of likely N-dealkylation sites (tertiary alicyclic amines) is 1. The van der Waals surface area contributed by atoms with Gasteiger partial charge in [0.05, 0.1) is 12.2 Å². The lowest BCUT2D eigenvalue weighted by Gasteiger charge is -2.19. The van der Waals surface area contributed by atoms with Gasteiger partial charge in [-0.25, -0.2) is 9.78 Å². The Kier molecular flexibility index (Phi) is 2.34. The molecule has 5 heteroatoms. The van der Waals surface area contributed by atoms with Crippen molar-refractivity contribution >= 4 is 6.09 Å². The summed E-state index contributed by atoms with van der Waals surface area (Å²) in [6, 6.07) is -0.176. The van der Waals surface area contributed by atoms with Crippen LogP contribution in [0.2, 0.25) is 0 Å². The normalized spacial score (nSPS) is 20.2. The van der Waals surface area contributed by atoms with E-state index in [9.17, 15) is 4.79 Å². The number of H-pyrrole nitrogens is 1. The van der Waals surface area contributed by atoms with Crippen LogP contribution in [-0.4, -0.2) is 32.6 Å². The van der Waals surface area contributed by atoms with E-state index < -0.39 is 6.09 Å². The molecule has 0 bridgehead atoms. The summed E-state index contributed by atoms with van der Waals surface area (Å²) in [7, 11) is 0. The molecular weight excluding hydrogens is 194 g/mol. The van der Waals surface area contributed by atoms with Gasteiger partial charge in [0.15, 0.2) is 0 Å². The highest BCUT2D eigenvalue weighted by molar-refractivity contribution is 5.66. The number of hydrogen-bond acceptors (Lipinski definition) is 2. The molecule has 1 fully saturated rings. The lowest BCUT2D eigenvalue weighted by atomic mass is 10.2. The molecule has 1 aromatic heterocycles. The summed E-state index contributed by atoms with van der Waals surface area (Å²) in [5, 5.41) is 8.95. The third-order valence-electron chi connectivity index (χ3n) is 2.57. The molecule has 1 amide bonds. The Hall–Kier alpha value is -1.96. The zero-order valence-electron chi connectivity index (χ0n) is 8.10. The quantitative estimate of drug-likeness (QED) is 0.677. The summed E-state index contributed by atoms with van der Waals surface area (Å²) in [5.41, 5.74) is 0.585. The van der Waals surface area contributed by atoms with Crippen LogP contribution < -0.4 is 0 Å². The summed E-state index contributed by atoms with van der Waals surface area (Å²) in [4.78, 5) is 19.3. The number of amides is 1. The number of hydrogen-bond donors (Lipinski definition) is 2. The number of nitrogens with one attached hydrogen (secondary N) is 1. The molecule has 0 aliphatic carbocycles. The number of carboxylic acid groups (broad SMARTS) is 1. The van der Waals surface area contributed by atoms with Crippen molar-refractivity contribution in [3.63, 3.8) is 0 Å². The monoisotopic (exact) mass is 205 g/mol. The van der Waals surface area contributed by atoms with E-state index in [4.69, 9.17) is 11.5 Å². The molecule has 15 heavy (non-hydrogen) atoms. The number of terminal acetylenes is 1. The standard InChI is InChI=1S/C10H11N3O2/c1-2-7-6-11-9(12-7)8-4-3-5-13(8)10(14)15/h1,6,8H,3-5H2,(H,11,12)(H,14,15)/t8-/m0/s1. The first-order valence-electron chi connectivity index (χ1n) is 4.73. The van der Waals surface area contributed by atoms with E-state index >= 15 is 0 Å². The highest BCUT2D eigenvalue weighted by Gasteiger charge is 2.31. The number of carbonyl (C=O) groups is 1. The molecule has 5 nitrogen and oxygen atoms in total. The Morgan fingerprint density at radius 1 is 1.80 bits per heavy atom. The fraction of sp³-hybridized carbons (Fsp3) is 0.400. The van der Waals surface area contributed by atoms with Crippen LogP contribution in [0.4, 0.5) is 4.79 Å². The first-order valence-corrected chi connectivity index (χ1v) is 4.73. The molecule has 78 valence electrons. The largest absolute Gasteiger partial charge is 0.465 e. The minimum absolute atomic E-state index is 0.176. The van der Waals surface area contributed by atoms with Gasteiger partial charge in [-0.1, -0.05) is 5.92 Å². The molecule has 1 atom stereocenters. The van der Waals surface area contributed by atoms with Gasteiger partial charge >= 0.3 is 6.09 Å². The van der Waals surface area contributed by atoms with Crippen molar-refractivity contribution in [3.05, 3.63) is 17.7 Å². The zero-order valence-corrected chi connectivity index (χ0v) is 8.10. The van der Waals surface area contributed by atoms with Crippen LogP contribution in [0.3, 0.4) is 0 Å². The Bertz CT molecular complexity index is 419. The fourth-order valence-corrected chi connectivity index (χ4v) is 1.86. The maximum atomic E-state index is 10.9. The van der Waals surface area contributed by atoms with Gasteiger partial charge in [-0.2, -0.15) is 0 Å². The van der Waals surface area contributed by atoms with Gasteiger partial charge in [-0.3, -0.25) is 4.90 Å². The first-order chi connectivity index (χ1) is 7.22. The Morgan fingerprint density at radius 2 is 2.60 bits per heavy atom. The molecule has 0 spiro atoms. The van der Waals surface area contributed by atoms with Gasteiger partial charge in [0, 0.05) is 6.54 Å². The van der Waals surface area contributed by atoms with Gasteiger partial charge in [-0.15, -0.1) is 6.42 Å². The van der Waals surface area contributed by atoms with E-state index in [1.54, 1.807) is 6.20 Å². The van der Waals surface area contributed by atoms with Crippen LogP contribution in [-0.2, 0) is 0 Å². The van der Waals surface area contributed by atoms with Crippen LogP contribution in [0.1, 0.15) is 30.4 Å². The molecule has 0 saturated carbocycles. The lowest BCUT2D eigenvalue weighted by Crippen LogP contribution is -2.29. The SMILES string of the molecule is C#Cc1cnc([C@@H]2CCCN2C(=O)O)[nH]1. The molecule has 1 aliphatic rings. The second-order valence-corrected chi connectivity index (χ2v) is 3.46. The average Bonchev–Trinajstić information content (AvgIpc) is 2.85.